The highest BCUT2D eigenvalue weighted by atomic mass is 16.2. The molecule has 122 valence electrons. The maximum Gasteiger partial charge on any atom is 0.291 e. The van der Waals surface area contributed by atoms with Crippen molar-refractivity contribution in [1.82, 2.24) is 24.9 Å². The average Bonchev–Trinajstić information content (AvgIpc) is 3.21. The Hall–Kier alpha value is -1.98. The van der Waals surface area contributed by atoms with Crippen LogP contribution in [-0.4, -0.2) is 31.5 Å². The number of carbonyl (C=O) groups excluding carboxylic acids is 1. The summed E-state index contributed by atoms with van der Waals surface area (Å²) in [6.45, 7) is 5.97. The Morgan fingerprint density at radius 2 is 2.13 bits per heavy atom. The number of aryl methyl sites for hydroxylation is 2. The Bertz CT molecular complexity index is 768. The lowest BCUT2D eigenvalue weighted by molar-refractivity contribution is 0.0905. The molecule has 2 heterocycles. The van der Waals surface area contributed by atoms with Gasteiger partial charge in [-0.05, 0) is 63.9 Å². The van der Waals surface area contributed by atoms with Gasteiger partial charge in [0.25, 0.3) is 11.7 Å². The van der Waals surface area contributed by atoms with Gasteiger partial charge in [-0.15, -0.1) is 5.10 Å². The minimum Gasteiger partial charge on any atom is -0.347 e. The highest BCUT2D eigenvalue weighted by molar-refractivity contribution is 5.91. The van der Waals surface area contributed by atoms with E-state index in [2.05, 4.69) is 27.3 Å². The summed E-state index contributed by atoms with van der Waals surface area (Å²) in [6, 6.07) is 2.11. The van der Waals surface area contributed by atoms with E-state index >= 15 is 0 Å². The highest BCUT2D eigenvalue weighted by Gasteiger charge is 2.42. The van der Waals surface area contributed by atoms with Crippen molar-refractivity contribution in [3.63, 3.8) is 0 Å². The Morgan fingerprint density at radius 3 is 2.83 bits per heavy atom. The fraction of sp³-hybridized carbons (Fsp3) is 0.647. The summed E-state index contributed by atoms with van der Waals surface area (Å²) < 4.78 is 1.63. The fourth-order valence-electron chi connectivity index (χ4n) is 4.55. The molecule has 2 saturated carbocycles. The third-order valence-electron chi connectivity index (χ3n) is 5.62. The first-order valence-corrected chi connectivity index (χ1v) is 8.53. The number of aromatic nitrogens is 4. The maximum absolute atomic E-state index is 12.5. The molecule has 0 radical (unpaired) electrons. The normalized spacial score (nSPS) is 27.5. The van der Waals surface area contributed by atoms with Crippen molar-refractivity contribution >= 4 is 11.7 Å². The van der Waals surface area contributed by atoms with Gasteiger partial charge in [0.2, 0.25) is 5.82 Å². The minimum absolute atomic E-state index is 0.181. The van der Waals surface area contributed by atoms with Crippen LogP contribution in [0.2, 0.25) is 0 Å². The van der Waals surface area contributed by atoms with Crippen molar-refractivity contribution in [3.8, 4) is 0 Å². The summed E-state index contributed by atoms with van der Waals surface area (Å²) >= 11 is 0. The largest absolute Gasteiger partial charge is 0.347 e. The fourth-order valence-corrected chi connectivity index (χ4v) is 4.55. The van der Waals surface area contributed by atoms with Crippen molar-refractivity contribution in [1.29, 1.82) is 0 Å². The van der Waals surface area contributed by atoms with E-state index in [-0.39, 0.29) is 17.8 Å². The molecule has 2 aliphatic rings. The Morgan fingerprint density at radius 1 is 1.30 bits per heavy atom. The third-order valence-corrected chi connectivity index (χ3v) is 5.62. The van der Waals surface area contributed by atoms with Crippen molar-refractivity contribution < 1.29 is 4.79 Å². The van der Waals surface area contributed by atoms with Gasteiger partial charge >= 0.3 is 0 Å². The molecule has 23 heavy (non-hydrogen) atoms. The molecular weight excluding hydrogens is 290 g/mol. The van der Waals surface area contributed by atoms with E-state index in [1.54, 1.807) is 4.52 Å². The zero-order chi connectivity index (χ0) is 16.1. The van der Waals surface area contributed by atoms with Crippen molar-refractivity contribution in [2.24, 2.45) is 17.8 Å². The molecule has 0 saturated heterocycles. The second kappa shape index (κ2) is 5.28. The molecule has 1 N–H and O–H groups in total. The molecule has 6 heteroatoms. The van der Waals surface area contributed by atoms with E-state index in [0.717, 1.165) is 23.2 Å². The number of hydrogen-bond donors (Lipinski definition) is 1. The summed E-state index contributed by atoms with van der Waals surface area (Å²) in [5, 5.41) is 7.42. The molecule has 0 aromatic carbocycles. The first-order valence-electron chi connectivity index (χ1n) is 8.53. The first-order chi connectivity index (χ1) is 11.0. The predicted octanol–water partition coefficient (Wildman–Crippen LogP) is 2.30. The zero-order valence-corrected chi connectivity index (χ0v) is 13.9. The topological polar surface area (TPSA) is 72.2 Å². The summed E-state index contributed by atoms with van der Waals surface area (Å²) in [7, 11) is 0. The van der Waals surface area contributed by atoms with Gasteiger partial charge < -0.3 is 5.32 Å². The summed E-state index contributed by atoms with van der Waals surface area (Å²) in [6.07, 6.45) is 5.30. The lowest BCUT2D eigenvalue weighted by Crippen LogP contribution is -2.40. The zero-order valence-electron chi connectivity index (χ0n) is 13.9. The smallest absolute Gasteiger partial charge is 0.291 e. The van der Waals surface area contributed by atoms with E-state index < -0.39 is 0 Å². The van der Waals surface area contributed by atoms with Gasteiger partial charge in [0.15, 0.2) is 0 Å². The second-order valence-corrected chi connectivity index (χ2v) is 7.29. The van der Waals surface area contributed by atoms with Gasteiger partial charge in [-0.2, -0.15) is 4.98 Å². The lowest BCUT2D eigenvalue weighted by atomic mass is 9.84. The van der Waals surface area contributed by atoms with Crippen LogP contribution in [0.1, 0.15) is 54.6 Å². The Labute approximate surface area is 135 Å². The van der Waals surface area contributed by atoms with E-state index in [0.29, 0.717) is 11.7 Å². The van der Waals surface area contributed by atoms with Crippen molar-refractivity contribution in [3.05, 3.63) is 23.3 Å². The Kier molecular flexibility index (Phi) is 3.36. The number of nitrogens with one attached hydrogen (secondary N) is 1. The van der Waals surface area contributed by atoms with Crippen LogP contribution in [0.5, 0.6) is 0 Å². The molecule has 2 aromatic heterocycles. The summed E-state index contributed by atoms with van der Waals surface area (Å²) in [4.78, 5) is 21.1. The molecule has 6 nitrogen and oxygen atoms in total. The molecular formula is C17H23N5O. The molecule has 0 spiro atoms. The molecule has 2 fully saturated rings. The quantitative estimate of drug-likeness (QED) is 0.943. The van der Waals surface area contributed by atoms with Gasteiger partial charge in [-0.3, -0.25) is 4.79 Å². The number of fused-ring (bicyclic) bond motifs is 3. The maximum atomic E-state index is 12.5. The predicted molar refractivity (Wildman–Crippen MR) is 86.1 cm³/mol. The molecule has 2 aromatic rings. The second-order valence-electron chi connectivity index (χ2n) is 7.29. The molecule has 4 rings (SSSR count). The van der Waals surface area contributed by atoms with Gasteiger partial charge in [0.05, 0.1) is 0 Å². The van der Waals surface area contributed by atoms with Gasteiger partial charge in [-0.25, -0.2) is 9.50 Å². The number of hydrogen-bond acceptors (Lipinski definition) is 4. The number of amides is 1. The van der Waals surface area contributed by atoms with E-state index in [4.69, 9.17) is 0 Å². The third kappa shape index (κ3) is 2.50. The average molecular weight is 313 g/mol. The standard InChI is InChI=1S/C17H23N5O/c1-9-6-10(2)22-17(18-9)20-15(21-22)16(23)19-11(3)14-8-12-4-5-13(14)7-12/h6,11-14H,4-5,7-8H2,1-3H3,(H,19,23)/t11-,12+,13+,14+/m1/s1. The van der Waals surface area contributed by atoms with Crippen molar-refractivity contribution in [2.75, 3.05) is 0 Å². The van der Waals surface area contributed by atoms with Crippen LogP contribution in [-0.2, 0) is 0 Å². The monoisotopic (exact) mass is 313 g/mol. The van der Waals surface area contributed by atoms with Gasteiger partial charge in [0, 0.05) is 17.4 Å². The SMILES string of the molecule is Cc1cc(C)n2nc(C(=O)N[C@H](C)[C@@H]3C[C@H]4CC[C@H]3C4)nc2n1. The number of rotatable bonds is 3. The lowest BCUT2D eigenvalue weighted by Gasteiger charge is -2.28. The van der Waals surface area contributed by atoms with E-state index in [9.17, 15) is 4.79 Å². The van der Waals surface area contributed by atoms with Crippen LogP contribution in [0, 0.1) is 31.6 Å². The Balaban J connectivity index is 1.51. The summed E-state index contributed by atoms with van der Waals surface area (Å²) in [5.74, 6) is 2.78. The van der Waals surface area contributed by atoms with Crippen LogP contribution in [0.25, 0.3) is 5.78 Å². The van der Waals surface area contributed by atoms with Gasteiger partial charge in [-0.1, -0.05) is 6.42 Å². The molecule has 1 amide bonds. The summed E-state index contributed by atoms with van der Waals surface area (Å²) in [5.41, 5.74) is 1.81. The first kappa shape index (κ1) is 14.6. The van der Waals surface area contributed by atoms with Crippen LogP contribution < -0.4 is 5.32 Å². The van der Waals surface area contributed by atoms with Gasteiger partial charge in [0.1, 0.15) is 0 Å². The van der Waals surface area contributed by atoms with Crippen LogP contribution in [0.3, 0.4) is 0 Å². The van der Waals surface area contributed by atoms with Crippen molar-refractivity contribution in [2.45, 2.75) is 52.5 Å². The van der Waals surface area contributed by atoms with Crippen LogP contribution >= 0.6 is 0 Å². The van der Waals surface area contributed by atoms with E-state index in [1.165, 1.54) is 25.7 Å². The minimum atomic E-state index is -0.192. The number of nitrogens with zero attached hydrogens (tertiary/aromatic N) is 4. The number of carbonyl (C=O) groups is 1. The van der Waals surface area contributed by atoms with E-state index in [1.807, 2.05) is 19.9 Å². The van der Waals surface area contributed by atoms with Crippen LogP contribution in [0.4, 0.5) is 0 Å². The highest BCUT2D eigenvalue weighted by Crippen LogP contribution is 2.49. The molecule has 0 aliphatic heterocycles. The molecule has 0 unspecified atom stereocenters. The molecule has 4 atom stereocenters. The van der Waals surface area contributed by atoms with Crippen LogP contribution in [0.15, 0.2) is 6.07 Å². The molecule has 2 bridgehead atoms. The molecule has 2 aliphatic carbocycles.